The molecule has 1 heterocycles. The molecule has 1 aliphatic rings. The lowest BCUT2D eigenvalue weighted by Crippen LogP contribution is -2.44. The van der Waals surface area contributed by atoms with E-state index in [1.165, 1.54) is 5.56 Å². The van der Waals surface area contributed by atoms with Crippen molar-refractivity contribution < 1.29 is 14.3 Å². The molecule has 5 heteroatoms. The van der Waals surface area contributed by atoms with Crippen molar-refractivity contribution in [1.82, 2.24) is 5.32 Å². The van der Waals surface area contributed by atoms with Crippen molar-refractivity contribution in [2.75, 3.05) is 20.3 Å². The number of benzene rings is 1. The van der Waals surface area contributed by atoms with Crippen molar-refractivity contribution in [3.8, 4) is 0 Å². The Hall–Kier alpha value is -1.43. The number of aryl methyl sites for hydroxylation is 1. The normalized spacial score (nSPS) is 23.0. The van der Waals surface area contributed by atoms with Crippen LogP contribution in [0.4, 0.5) is 0 Å². The van der Waals surface area contributed by atoms with Crippen LogP contribution in [0.2, 0.25) is 0 Å². The van der Waals surface area contributed by atoms with E-state index in [0.717, 1.165) is 25.0 Å². The van der Waals surface area contributed by atoms with E-state index in [0.29, 0.717) is 6.54 Å². The van der Waals surface area contributed by atoms with Crippen LogP contribution in [0, 0.1) is 6.92 Å². The molecule has 1 fully saturated rings. The second-order valence-corrected chi connectivity index (χ2v) is 5.82. The highest BCUT2D eigenvalue weighted by molar-refractivity contribution is 5.76. The number of hydrogen-bond acceptors (Lipinski definition) is 4. The molecule has 1 aromatic rings. The Bertz CT molecular complexity index is 471. The largest absolute Gasteiger partial charge is 0.380 e. The number of carbonyl (C=O) groups is 1. The predicted molar refractivity (Wildman–Crippen MR) is 85.5 cm³/mol. The van der Waals surface area contributed by atoms with Gasteiger partial charge < -0.3 is 20.5 Å². The van der Waals surface area contributed by atoms with Crippen molar-refractivity contribution in [3.05, 3.63) is 35.4 Å². The van der Waals surface area contributed by atoms with Gasteiger partial charge in [-0.3, -0.25) is 4.79 Å². The van der Waals surface area contributed by atoms with Gasteiger partial charge in [-0.2, -0.15) is 0 Å². The van der Waals surface area contributed by atoms with E-state index < -0.39 is 0 Å². The van der Waals surface area contributed by atoms with E-state index in [1.807, 2.05) is 0 Å². The number of nitrogens with two attached hydrogens (primary N) is 1. The van der Waals surface area contributed by atoms with E-state index in [4.69, 9.17) is 15.2 Å². The van der Waals surface area contributed by atoms with Gasteiger partial charge in [0.1, 0.15) is 6.10 Å². The van der Waals surface area contributed by atoms with Crippen LogP contribution in [-0.2, 0) is 14.3 Å². The summed E-state index contributed by atoms with van der Waals surface area (Å²) < 4.78 is 11.1. The molecule has 1 saturated heterocycles. The van der Waals surface area contributed by atoms with Gasteiger partial charge >= 0.3 is 0 Å². The molecule has 1 amide bonds. The molecule has 0 spiro atoms. The Morgan fingerprint density at radius 3 is 2.82 bits per heavy atom. The molecule has 122 valence electrons. The van der Waals surface area contributed by atoms with E-state index in [2.05, 4.69) is 36.5 Å². The Morgan fingerprint density at radius 1 is 1.45 bits per heavy atom. The Morgan fingerprint density at radius 2 is 2.18 bits per heavy atom. The first kappa shape index (κ1) is 16.9. The zero-order valence-electron chi connectivity index (χ0n) is 13.4. The monoisotopic (exact) mass is 306 g/mol. The van der Waals surface area contributed by atoms with Crippen LogP contribution < -0.4 is 11.1 Å². The first-order valence-electron chi connectivity index (χ1n) is 7.84. The van der Waals surface area contributed by atoms with E-state index in [-0.39, 0.29) is 30.6 Å². The highest BCUT2D eigenvalue weighted by atomic mass is 16.5. The molecule has 0 aromatic heterocycles. The van der Waals surface area contributed by atoms with Crippen LogP contribution >= 0.6 is 0 Å². The zero-order valence-corrected chi connectivity index (χ0v) is 13.4. The highest BCUT2D eigenvalue weighted by Crippen LogP contribution is 2.28. The second-order valence-electron chi connectivity index (χ2n) is 5.82. The van der Waals surface area contributed by atoms with Gasteiger partial charge in [0.15, 0.2) is 0 Å². The smallest absolute Gasteiger partial charge is 0.222 e. The summed E-state index contributed by atoms with van der Waals surface area (Å²) in [5.74, 6) is -0.0371. The molecule has 0 bridgehead atoms. The minimum absolute atomic E-state index is 0.000707. The summed E-state index contributed by atoms with van der Waals surface area (Å²) in [6.07, 6.45) is 1.84. The van der Waals surface area contributed by atoms with E-state index in [1.54, 1.807) is 7.11 Å². The molecule has 3 atom stereocenters. The fraction of sp³-hybridized carbons (Fsp3) is 0.588. The maximum atomic E-state index is 12.2. The lowest BCUT2D eigenvalue weighted by atomic mass is 9.95. The summed E-state index contributed by atoms with van der Waals surface area (Å²) in [5, 5.41) is 3.08. The molecule has 0 aliphatic carbocycles. The number of rotatable bonds is 6. The molecular formula is C17H26N2O3. The molecule has 1 aromatic carbocycles. The van der Waals surface area contributed by atoms with E-state index in [9.17, 15) is 4.79 Å². The van der Waals surface area contributed by atoms with Gasteiger partial charge in [-0.15, -0.1) is 0 Å². The van der Waals surface area contributed by atoms with Gasteiger partial charge in [0.2, 0.25) is 5.91 Å². The van der Waals surface area contributed by atoms with Gasteiger partial charge in [0, 0.05) is 20.3 Å². The highest BCUT2D eigenvalue weighted by Gasteiger charge is 2.29. The summed E-state index contributed by atoms with van der Waals surface area (Å²) in [7, 11) is 1.57. The minimum Gasteiger partial charge on any atom is -0.380 e. The average Bonchev–Trinajstić information content (AvgIpc) is 2.54. The summed E-state index contributed by atoms with van der Waals surface area (Å²) in [4.78, 5) is 12.2. The molecule has 1 aliphatic heterocycles. The molecule has 22 heavy (non-hydrogen) atoms. The lowest BCUT2D eigenvalue weighted by molar-refractivity contribution is -0.126. The van der Waals surface area contributed by atoms with Gasteiger partial charge in [-0.05, 0) is 25.3 Å². The Kier molecular flexibility index (Phi) is 6.36. The average molecular weight is 306 g/mol. The summed E-state index contributed by atoms with van der Waals surface area (Å²) in [6, 6.07) is 8.28. The molecule has 5 nitrogen and oxygen atoms in total. The van der Waals surface area contributed by atoms with E-state index >= 15 is 0 Å². The molecular weight excluding hydrogens is 280 g/mol. The molecule has 0 unspecified atom stereocenters. The number of ether oxygens (including phenoxy) is 2. The summed E-state index contributed by atoms with van der Waals surface area (Å²) in [6.45, 7) is 3.13. The van der Waals surface area contributed by atoms with Gasteiger partial charge in [-0.1, -0.05) is 29.8 Å². The van der Waals surface area contributed by atoms with Crippen LogP contribution in [0.5, 0.6) is 0 Å². The first-order chi connectivity index (χ1) is 10.6. The van der Waals surface area contributed by atoms with Crippen molar-refractivity contribution in [2.45, 2.75) is 44.4 Å². The summed E-state index contributed by atoms with van der Waals surface area (Å²) >= 11 is 0. The molecule has 2 rings (SSSR count). The number of amides is 1. The fourth-order valence-electron chi connectivity index (χ4n) is 2.75. The Balaban J connectivity index is 2.00. The standard InChI is InChI=1S/C17H26N2O3/c1-12-5-7-13(8-6-12)17-15(4-3-9-22-17)19-16(20)10-14(11-18)21-2/h5-8,14-15,17H,3-4,9-11,18H2,1-2H3,(H,19,20)/t14-,15-,17-/m0/s1. The molecule has 0 radical (unpaired) electrons. The maximum absolute atomic E-state index is 12.2. The van der Waals surface area contributed by atoms with Crippen LogP contribution in [-0.4, -0.2) is 38.3 Å². The zero-order chi connectivity index (χ0) is 15.9. The number of methoxy groups -OCH3 is 1. The van der Waals surface area contributed by atoms with Gasteiger partial charge in [0.05, 0.1) is 18.6 Å². The predicted octanol–water partition coefficient (Wildman–Crippen LogP) is 1.70. The lowest BCUT2D eigenvalue weighted by Gasteiger charge is -2.33. The summed E-state index contributed by atoms with van der Waals surface area (Å²) in [5.41, 5.74) is 7.89. The minimum atomic E-state index is -0.234. The molecule has 3 N–H and O–H groups in total. The molecule has 0 saturated carbocycles. The van der Waals surface area contributed by atoms with Crippen molar-refractivity contribution >= 4 is 5.91 Å². The fourth-order valence-corrected chi connectivity index (χ4v) is 2.75. The number of hydrogen-bond donors (Lipinski definition) is 2. The van der Waals surface area contributed by atoms with Crippen LogP contribution in [0.15, 0.2) is 24.3 Å². The van der Waals surface area contributed by atoms with Crippen molar-refractivity contribution in [2.24, 2.45) is 5.73 Å². The van der Waals surface area contributed by atoms with Crippen molar-refractivity contribution in [1.29, 1.82) is 0 Å². The van der Waals surface area contributed by atoms with Crippen LogP contribution in [0.1, 0.15) is 36.5 Å². The SMILES string of the molecule is CO[C@H](CN)CC(=O)N[C@H]1CCCO[C@H]1c1ccc(C)cc1. The second kappa shape index (κ2) is 8.27. The topological polar surface area (TPSA) is 73.6 Å². The van der Waals surface area contributed by atoms with Crippen LogP contribution in [0.3, 0.4) is 0 Å². The third-order valence-electron chi connectivity index (χ3n) is 4.08. The third-order valence-corrected chi connectivity index (χ3v) is 4.08. The quantitative estimate of drug-likeness (QED) is 0.839. The van der Waals surface area contributed by atoms with Gasteiger partial charge in [0.25, 0.3) is 0 Å². The van der Waals surface area contributed by atoms with Gasteiger partial charge in [-0.25, -0.2) is 0 Å². The Labute approximate surface area is 132 Å². The van der Waals surface area contributed by atoms with Crippen LogP contribution in [0.25, 0.3) is 0 Å². The maximum Gasteiger partial charge on any atom is 0.222 e. The van der Waals surface area contributed by atoms with Crippen molar-refractivity contribution in [3.63, 3.8) is 0 Å². The number of carbonyl (C=O) groups excluding carboxylic acids is 1. The number of nitrogens with one attached hydrogen (secondary N) is 1. The first-order valence-corrected chi connectivity index (χ1v) is 7.84. The third kappa shape index (κ3) is 4.53.